The Morgan fingerprint density at radius 1 is 1.00 bits per heavy atom. The smallest absolute Gasteiger partial charge is 0.175 e. The van der Waals surface area contributed by atoms with Crippen molar-refractivity contribution in [2.75, 3.05) is 0 Å². The van der Waals surface area contributed by atoms with Crippen molar-refractivity contribution < 1.29 is 8.42 Å². The summed E-state index contributed by atoms with van der Waals surface area (Å²) < 4.78 is 26.1. The summed E-state index contributed by atoms with van der Waals surface area (Å²) in [4.78, 5) is 0. The molecule has 0 spiro atoms. The van der Waals surface area contributed by atoms with Crippen LogP contribution in [0.1, 0.15) is 11.1 Å². The molecule has 0 amide bonds. The van der Waals surface area contributed by atoms with Crippen LogP contribution in [0.4, 0.5) is 0 Å². The van der Waals surface area contributed by atoms with Crippen molar-refractivity contribution in [2.24, 2.45) is 0 Å². The van der Waals surface area contributed by atoms with Gasteiger partial charge in [-0.05, 0) is 64.1 Å². The van der Waals surface area contributed by atoms with Crippen LogP contribution in [0.15, 0.2) is 58.4 Å². The molecule has 0 radical (unpaired) electrons. The molecule has 20 heavy (non-hydrogen) atoms. The van der Waals surface area contributed by atoms with Gasteiger partial charge in [0.25, 0.3) is 0 Å². The summed E-state index contributed by atoms with van der Waals surface area (Å²) >= 11 is 5.54. The highest BCUT2D eigenvalue weighted by Crippen LogP contribution is 2.15. The Labute approximate surface area is 141 Å². The van der Waals surface area contributed by atoms with Crippen LogP contribution < -0.4 is 0 Å². The Bertz CT molecular complexity index is 705. The van der Waals surface area contributed by atoms with Crippen molar-refractivity contribution in [1.82, 2.24) is 0 Å². The highest BCUT2D eigenvalue weighted by molar-refractivity contribution is 14.1. The van der Waals surface area contributed by atoms with Crippen molar-refractivity contribution in [3.8, 4) is 0 Å². The minimum absolute atomic E-state index is 0.0150. The van der Waals surface area contributed by atoms with Gasteiger partial charge in [-0.25, -0.2) is 8.42 Å². The Morgan fingerprint density at radius 3 is 2.20 bits per heavy atom. The van der Waals surface area contributed by atoms with Crippen LogP contribution in [0.5, 0.6) is 0 Å². The Morgan fingerprint density at radius 2 is 1.60 bits per heavy atom. The van der Waals surface area contributed by atoms with E-state index in [0.717, 1.165) is 19.2 Å². The molecular weight excluding hydrogens is 451 g/mol. The van der Waals surface area contributed by atoms with Gasteiger partial charge in [-0.15, -0.1) is 0 Å². The average Bonchev–Trinajstić information content (AvgIpc) is 2.41. The molecule has 0 fully saturated rings. The third-order valence-electron chi connectivity index (χ3n) is 2.62. The van der Waals surface area contributed by atoms with E-state index in [1.807, 2.05) is 36.4 Å². The molecule has 5 heteroatoms. The summed E-state index contributed by atoms with van der Waals surface area (Å²) in [6, 6.07) is 15.0. The maximum atomic E-state index is 12.0. The van der Waals surface area contributed by atoms with Gasteiger partial charge < -0.3 is 0 Å². The Balaban J connectivity index is 2.11. The predicted molar refractivity (Wildman–Crippen MR) is 95.0 cm³/mol. The second kappa shape index (κ2) is 6.87. The fourth-order valence-electron chi connectivity index (χ4n) is 1.62. The van der Waals surface area contributed by atoms with Crippen molar-refractivity contribution in [3.63, 3.8) is 0 Å². The van der Waals surface area contributed by atoms with Crippen molar-refractivity contribution in [1.29, 1.82) is 0 Å². The fourth-order valence-corrected chi connectivity index (χ4v) is 3.36. The van der Waals surface area contributed by atoms with Crippen molar-refractivity contribution in [3.05, 3.63) is 73.1 Å². The van der Waals surface area contributed by atoms with E-state index in [9.17, 15) is 8.42 Å². The van der Waals surface area contributed by atoms with Gasteiger partial charge in [0.2, 0.25) is 0 Å². The summed E-state index contributed by atoms with van der Waals surface area (Å²) in [5.41, 5.74) is 1.66. The molecule has 0 heterocycles. The first-order chi connectivity index (χ1) is 9.44. The molecule has 2 nitrogen and oxygen atoms in total. The van der Waals surface area contributed by atoms with E-state index in [-0.39, 0.29) is 5.75 Å². The molecule has 0 N–H and O–H groups in total. The topological polar surface area (TPSA) is 34.1 Å². The SMILES string of the molecule is O=S(=O)(/C=C/c1ccc(I)cc1)Cc1ccc(Br)cc1. The van der Waals surface area contributed by atoms with Crippen LogP contribution in [-0.4, -0.2) is 8.42 Å². The number of hydrogen-bond donors (Lipinski definition) is 0. The molecule has 2 aromatic carbocycles. The van der Waals surface area contributed by atoms with E-state index in [1.165, 1.54) is 5.41 Å². The Hall–Kier alpha value is -0.660. The largest absolute Gasteiger partial charge is 0.224 e. The van der Waals surface area contributed by atoms with E-state index in [1.54, 1.807) is 18.2 Å². The second-order valence-corrected chi connectivity index (χ2v) is 8.34. The summed E-state index contributed by atoms with van der Waals surface area (Å²) in [6.07, 6.45) is 1.63. The number of hydrogen-bond acceptors (Lipinski definition) is 2. The predicted octanol–water partition coefficient (Wildman–Crippen LogP) is 4.64. The molecule has 0 aliphatic carbocycles. The quantitative estimate of drug-likeness (QED) is 0.620. The molecule has 0 aliphatic rings. The molecule has 2 rings (SSSR count). The third kappa shape index (κ3) is 5.03. The van der Waals surface area contributed by atoms with Crippen LogP contribution in [-0.2, 0) is 15.6 Å². The molecule has 0 saturated heterocycles. The lowest BCUT2D eigenvalue weighted by atomic mass is 10.2. The lowest BCUT2D eigenvalue weighted by molar-refractivity contribution is 0.604. The average molecular weight is 463 g/mol. The minimum Gasteiger partial charge on any atom is -0.224 e. The van der Waals surface area contributed by atoms with Crippen LogP contribution in [0, 0.1) is 3.57 Å². The van der Waals surface area contributed by atoms with E-state index >= 15 is 0 Å². The maximum absolute atomic E-state index is 12.0. The van der Waals surface area contributed by atoms with Gasteiger partial charge in [-0.1, -0.05) is 40.2 Å². The highest BCUT2D eigenvalue weighted by Gasteiger charge is 2.07. The van der Waals surface area contributed by atoms with Crippen molar-refractivity contribution >= 4 is 54.4 Å². The fraction of sp³-hybridized carbons (Fsp3) is 0.0667. The van der Waals surface area contributed by atoms with Gasteiger partial charge in [0, 0.05) is 13.5 Å². The van der Waals surface area contributed by atoms with E-state index in [2.05, 4.69) is 38.5 Å². The molecular formula is C15H12BrIO2S. The summed E-state index contributed by atoms with van der Waals surface area (Å²) in [7, 11) is -3.25. The molecule has 0 unspecified atom stereocenters. The highest BCUT2D eigenvalue weighted by atomic mass is 127. The normalized spacial score (nSPS) is 11.9. The van der Waals surface area contributed by atoms with Crippen LogP contribution in [0.2, 0.25) is 0 Å². The zero-order valence-corrected chi connectivity index (χ0v) is 15.0. The van der Waals surface area contributed by atoms with Crippen LogP contribution in [0.25, 0.3) is 6.08 Å². The lowest BCUT2D eigenvalue weighted by Gasteiger charge is -2.00. The summed E-state index contributed by atoms with van der Waals surface area (Å²) in [5.74, 6) is 0.0150. The molecule has 0 aromatic heterocycles. The first-order valence-corrected chi connectivity index (χ1v) is 9.44. The van der Waals surface area contributed by atoms with Gasteiger partial charge in [-0.3, -0.25) is 0 Å². The molecule has 0 aliphatic heterocycles. The van der Waals surface area contributed by atoms with Crippen molar-refractivity contribution in [2.45, 2.75) is 5.75 Å². The first-order valence-electron chi connectivity index (χ1n) is 5.85. The second-order valence-electron chi connectivity index (χ2n) is 4.29. The van der Waals surface area contributed by atoms with E-state index in [4.69, 9.17) is 0 Å². The maximum Gasteiger partial charge on any atom is 0.175 e. The minimum atomic E-state index is -3.25. The molecule has 104 valence electrons. The zero-order valence-electron chi connectivity index (χ0n) is 10.5. The molecule has 0 bridgehead atoms. The monoisotopic (exact) mass is 462 g/mol. The van der Waals surface area contributed by atoms with Gasteiger partial charge in [0.15, 0.2) is 9.84 Å². The number of benzene rings is 2. The van der Waals surface area contributed by atoms with Crippen LogP contribution in [0.3, 0.4) is 0 Å². The van der Waals surface area contributed by atoms with Gasteiger partial charge in [0.05, 0.1) is 5.75 Å². The molecule has 0 atom stereocenters. The first kappa shape index (κ1) is 15.7. The van der Waals surface area contributed by atoms with Gasteiger partial charge in [0.1, 0.15) is 0 Å². The zero-order chi connectivity index (χ0) is 14.6. The number of sulfone groups is 1. The number of halogens is 2. The van der Waals surface area contributed by atoms with Gasteiger partial charge in [-0.2, -0.15) is 0 Å². The Kier molecular flexibility index (Phi) is 5.40. The lowest BCUT2D eigenvalue weighted by Crippen LogP contribution is -1.99. The summed E-state index contributed by atoms with van der Waals surface area (Å²) in [5, 5.41) is 1.28. The van der Waals surface area contributed by atoms with Gasteiger partial charge >= 0.3 is 0 Å². The molecule has 0 saturated carbocycles. The van der Waals surface area contributed by atoms with E-state index in [0.29, 0.717) is 0 Å². The number of rotatable bonds is 4. The van der Waals surface area contributed by atoms with E-state index < -0.39 is 9.84 Å². The van der Waals surface area contributed by atoms with Crippen LogP contribution >= 0.6 is 38.5 Å². The third-order valence-corrected chi connectivity index (χ3v) is 5.15. The molecule has 2 aromatic rings. The standard InChI is InChI=1S/C15H12BrIO2S/c16-14-5-1-13(2-6-14)11-20(18,19)10-9-12-3-7-15(17)8-4-12/h1-10H,11H2/b10-9+. The summed E-state index contributed by atoms with van der Waals surface area (Å²) in [6.45, 7) is 0.